The highest BCUT2D eigenvalue weighted by molar-refractivity contribution is 5.83. The fourth-order valence-corrected chi connectivity index (χ4v) is 2.33. The van der Waals surface area contributed by atoms with Gasteiger partial charge in [0.1, 0.15) is 0 Å². The van der Waals surface area contributed by atoms with Gasteiger partial charge in [-0.3, -0.25) is 0 Å². The summed E-state index contributed by atoms with van der Waals surface area (Å²) in [6, 6.07) is 14.5. The van der Waals surface area contributed by atoms with E-state index in [0.717, 1.165) is 18.6 Å². The van der Waals surface area contributed by atoms with Gasteiger partial charge in [-0.25, -0.2) is 4.79 Å². The zero-order valence-corrected chi connectivity index (χ0v) is 13.3. The van der Waals surface area contributed by atoms with Gasteiger partial charge in [0.15, 0.2) is 0 Å². The summed E-state index contributed by atoms with van der Waals surface area (Å²) in [5, 5.41) is 5.32. The van der Waals surface area contributed by atoms with Crippen LogP contribution in [0.25, 0.3) is 10.8 Å². The number of rotatable bonds is 7. The maximum atomic E-state index is 12.0. The number of ether oxygens (including phenoxy) is 1. The lowest BCUT2D eigenvalue weighted by atomic mass is 10.1. The standard InChI is InChI=1S/C18H24N2O2/c1-3-22-12-6-11-19-18(21)20(2)14-15-9-10-16-7-4-5-8-17(16)13-15/h4-5,7-10,13H,3,6,11-12,14H2,1-2H3,(H,19,21). The summed E-state index contributed by atoms with van der Waals surface area (Å²) in [4.78, 5) is 13.7. The summed E-state index contributed by atoms with van der Waals surface area (Å²) < 4.78 is 5.25. The summed E-state index contributed by atoms with van der Waals surface area (Å²) >= 11 is 0. The third-order valence-corrected chi connectivity index (χ3v) is 3.53. The van der Waals surface area contributed by atoms with Gasteiger partial charge >= 0.3 is 6.03 Å². The molecule has 0 unspecified atom stereocenters. The minimum absolute atomic E-state index is 0.0512. The molecule has 0 fully saturated rings. The van der Waals surface area contributed by atoms with Crippen molar-refractivity contribution in [3.63, 3.8) is 0 Å². The molecule has 22 heavy (non-hydrogen) atoms. The number of amides is 2. The highest BCUT2D eigenvalue weighted by Crippen LogP contribution is 2.16. The molecule has 1 N–H and O–H groups in total. The molecule has 0 atom stereocenters. The maximum Gasteiger partial charge on any atom is 0.317 e. The van der Waals surface area contributed by atoms with Gasteiger partial charge in [-0.15, -0.1) is 0 Å². The Morgan fingerprint density at radius 2 is 1.95 bits per heavy atom. The van der Waals surface area contributed by atoms with Crippen LogP contribution < -0.4 is 5.32 Å². The molecule has 2 rings (SSSR count). The molecular formula is C18H24N2O2. The van der Waals surface area contributed by atoms with E-state index in [-0.39, 0.29) is 6.03 Å². The van der Waals surface area contributed by atoms with Crippen molar-refractivity contribution >= 4 is 16.8 Å². The summed E-state index contributed by atoms with van der Waals surface area (Å²) in [6.45, 7) is 4.61. The average molecular weight is 300 g/mol. The van der Waals surface area contributed by atoms with Crippen LogP contribution in [-0.4, -0.2) is 37.7 Å². The molecule has 118 valence electrons. The van der Waals surface area contributed by atoms with E-state index in [0.29, 0.717) is 19.7 Å². The van der Waals surface area contributed by atoms with Gasteiger partial charge in [-0.1, -0.05) is 36.4 Å². The molecule has 0 radical (unpaired) electrons. The molecule has 4 heteroatoms. The van der Waals surface area contributed by atoms with Crippen LogP contribution in [0.2, 0.25) is 0 Å². The third kappa shape index (κ3) is 4.74. The Labute approximate surface area is 132 Å². The van der Waals surface area contributed by atoms with E-state index in [2.05, 4.69) is 35.6 Å². The number of nitrogens with zero attached hydrogens (tertiary/aromatic N) is 1. The summed E-state index contributed by atoms with van der Waals surface area (Å²) in [7, 11) is 1.81. The van der Waals surface area contributed by atoms with Gasteiger partial charge in [0.25, 0.3) is 0 Å². The first-order valence-corrected chi connectivity index (χ1v) is 7.75. The molecule has 2 aromatic carbocycles. The van der Waals surface area contributed by atoms with E-state index in [9.17, 15) is 4.79 Å². The fraction of sp³-hybridized carbons (Fsp3) is 0.389. The lowest BCUT2D eigenvalue weighted by molar-refractivity contribution is 0.144. The molecule has 2 aromatic rings. The maximum absolute atomic E-state index is 12.0. The molecular weight excluding hydrogens is 276 g/mol. The van der Waals surface area contributed by atoms with Crippen LogP contribution in [0.5, 0.6) is 0 Å². The van der Waals surface area contributed by atoms with E-state index in [1.165, 1.54) is 10.8 Å². The van der Waals surface area contributed by atoms with Crippen molar-refractivity contribution in [2.24, 2.45) is 0 Å². The number of fused-ring (bicyclic) bond motifs is 1. The zero-order valence-electron chi connectivity index (χ0n) is 13.3. The number of urea groups is 1. The van der Waals surface area contributed by atoms with Crippen LogP contribution in [0.1, 0.15) is 18.9 Å². The van der Waals surface area contributed by atoms with Crippen molar-refractivity contribution in [2.45, 2.75) is 19.9 Å². The van der Waals surface area contributed by atoms with Crippen molar-refractivity contribution in [3.8, 4) is 0 Å². The first kappa shape index (κ1) is 16.3. The second-order valence-corrected chi connectivity index (χ2v) is 5.32. The molecule has 0 aliphatic heterocycles. The van der Waals surface area contributed by atoms with Crippen molar-refractivity contribution in [2.75, 3.05) is 26.8 Å². The van der Waals surface area contributed by atoms with Crippen molar-refractivity contribution in [1.29, 1.82) is 0 Å². The Bertz CT molecular complexity index is 613. The smallest absolute Gasteiger partial charge is 0.317 e. The normalized spacial score (nSPS) is 10.6. The Kier molecular flexibility index (Phi) is 6.22. The van der Waals surface area contributed by atoms with E-state index < -0.39 is 0 Å². The van der Waals surface area contributed by atoms with Crippen LogP contribution in [-0.2, 0) is 11.3 Å². The number of hydrogen-bond acceptors (Lipinski definition) is 2. The Balaban J connectivity index is 1.84. The van der Waals surface area contributed by atoms with Crippen LogP contribution >= 0.6 is 0 Å². The quantitative estimate of drug-likeness (QED) is 0.796. The lowest BCUT2D eigenvalue weighted by Crippen LogP contribution is -2.37. The summed E-state index contributed by atoms with van der Waals surface area (Å²) in [5.74, 6) is 0. The molecule has 0 saturated heterocycles. The summed E-state index contributed by atoms with van der Waals surface area (Å²) in [6.07, 6.45) is 0.837. The fourth-order valence-electron chi connectivity index (χ4n) is 2.33. The number of carbonyl (C=O) groups excluding carboxylic acids is 1. The molecule has 0 bridgehead atoms. The van der Waals surface area contributed by atoms with Crippen LogP contribution in [0, 0.1) is 0 Å². The molecule has 4 nitrogen and oxygen atoms in total. The van der Waals surface area contributed by atoms with Gasteiger partial charge in [0, 0.05) is 33.4 Å². The molecule has 0 saturated carbocycles. The highest BCUT2D eigenvalue weighted by atomic mass is 16.5. The highest BCUT2D eigenvalue weighted by Gasteiger charge is 2.08. The molecule has 2 amide bonds. The largest absolute Gasteiger partial charge is 0.382 e. The first-order valence-electron chi connectivity index (χ1n) is 7.75. The van der Waals surface area contributed by atoms with Crippen LogP contribution in [0.4, 0.5) is 4.79 Å². The SMILES string of the molecule is CCOCCCNC(=O)N(C)Cc1ccc2ccccc2c1. The number of hydrogen-bond donors (Lipinski definition) is 1. The van der Waals surface area contributed by atoms with Crippen LogP contribution in [0.15, 0.2) is 42.5 Å². The topological polar surface area (TPSA) is 41.6 Å². The number of benzene rings is 2. The van der Waals surface area contributed by atoms with Crippen molar-refractivity contribution in [3.05, 3.63) is 48.0 Å². The molecule has 0 aliphatic rings. The monoisotopic (exact) mass is 300 g/mol. The third-order valence-electron chi connectivity index (χ3n) is 3.53. The number of nitrogens with one attached hydrogen (secondary N) is 1. The molecule has 0 spiro atoms. The lowest BCUT2D eigenvalue weighted by Gasteiger charge is -2.18. The molecule has 0 aromatic heterocycles. The number of carbonyl (C=O) groups is 1. The van der Waals surface area contributed by atoms with Crippen LogP contribution in [0.3, 0.4) is 0 Å². The first-order chi connectivity index (χ1) is 10.7. The van der Waals surface area contributed by atoms with Gasteiger partial charge in [0.2, 0.25) is 0 Å². The molecule has 0 heterocycles. The van der Waals surface area contributed by atoms with Gasteiger partial charge < -0.3 is 15.0 Å². The van der Waals surface area contributed by atoms with Gasteiger partial charge in [-0.05, 0) is 35.7 Å². The second kappa shape index (κ2) is 8.39. The van der Waals surface area contributed by atoms with E-state index >= 15 is 0 Å². The molecule has 0 aliphatic carbocycles. The average Bonchev–Trinajstić information content (AvgIpc) is 2.54. The van der Waals surface area contributed by atoms with Gasteiger partial charge in [0.05, 0.1) is 0 Å². The van der Waals surface area contributed by atoms with E-state index in [1.54, 1.807) is 4.90 Å². The zero-order chi connectivity index (χ0) is 15.8. The summed E-state index contributed by atoms with van der Waals surface area (Å²) in [5.41, 5.74) is 1.13. The Morgan fingerprint density at radius 1 is 1.18 bits per heavy atom. The Morgan fingerprint density at radius 3 is 2.73 bits per heavy atom. The van der Waals surface area contributed by atoms with E-state index in [4.69, 9.17) is 4.74 Å². The predicted octanol–water partition coefficient (Wildman–Crippen LogP) is 3.41. The minimum Gasteiger partial charge on any atom is -0.382 e. The second-order valence-electron chi connectivity index (χ2n) is 5.32. The Hall–Kier alpha value is -2.07. The predicted molar refractivity (Wildman–Crippen MR) is 89.9 cm³/mol. The van der Waals surface area contributed by atoms with Crippen molar-refractivity contribution in [1.82, 2.24) is 10.2 Å². The minimum atomic E-state index is -0.0512. The van der Waals surface area contributed by atoms with Crippen molar-refractivity contribution < 1.29 is 9.53 Å². The van der Waals surface area contributed by atoms with Gasteiger partial charge in [-0.2, -0.15) is 0 Å². The van der Waals surface area contributed by atoms with E-state index in [1.807, 2.05) is 26.1 Å².